The summed E-state index contributed by atoms with van der Waals surface area (Å²) in [4.78, 5) is 16.9. The second-order valence-electron chi connectivity index (χ2n) is 7.76. The summed E-state index contributed by atoms with van der Waals surface area (Å²) in [6, 6.07) is 18.3. The van der Waals surface area contributed by atoms with Crippen LogP contribution in [0.3, 0.4) is 0 Å². The zero-order chi connectivity index (χ0) is 19.4. The van der Waals surface area contributed by atoms with Gasteiger partial charge in [0, 0.05) is 29.4 Å². The summed E-state index contributed by atoms with van der Waals surface area (Å²) in [6.45, 7) is 0. The molecule has 5 heteroatoms. The third kappa shape index (κ3) is 2.37. The van der Waals surface area contributed by atoms with Gasteiger partial charge in [-0.25, -0.2) is 0 Å². The lowest BCUT2D eigenvalue weighted by molar-refractivity contribution is -0.118. The molecule has 6 rings (SSSR count). The van der Waals surface area contributed by atoms with E-state index in [-0.39, 0.29) is 11.8 Å². The highest BCUT2D eigenvalue weighted by molar-refractivity contribution is 6.09. The first-order valence-electron chi connectivity index (χ1n) is 9.73. The maximum absolute atomic E-state index is 12.7. The van der Waals surface area contributed by atoms with Crippen molar-refractivity contribution in [2.24, 2.45) is 0 Å². The molecular weight excluding hydrogens is 360 g/mol. The third-order valence-electron chi connectivity index (χ3n) is 6.16. The quantitative estimate of drug-likeness (QED) is 0.551. The summed E-state index contributed by atoms with van der Waals surface area (Å²) in [5.74, 6) is 0.321. The second kappa shape index (κ2) is 5.88. The Balaban J connectivity index is 1.33. The number of carbonyl (C=O) groups excluding carboxylic acids is 1. The molecule has 2 aromatic heterocycles. The predicted molar refractivity (Wildman–Crippen MR) is 113 cm³/mol. The van der Waals surface area contributed by atoms with Crippen molar-refractivity contribution in [3.05, 3.63) is 89.4 Å². The van der Waals surface area contributed by atoms with Gasteiger partial charge in [0.1, 0.15) is 0 Å². The van der Waals surface area contributed by atoms with Gasteiger partial charge in [-0.2, -0.15) is 5.10 Å². The number of anilines is 1. The first-order chi connectivity index (χ1) is 14.3. The summed E-state index contributed by atoms with van der Waals surface area (Å²) >= 11 is 0. The molecule has 0 saturated heterocycles. The normalized spacial score (nSPS) is 22.3. The van der Waals surface area contributed by atoms with Crippen molar-refractivity contribution in [2.45, 2.75) is 17.8 Å². The maximum atomic E-state index is 12.7. The van der Waals surface area contributed by atoms with Gasteiger partial charge in [-0.15, -0.1) is 0 Å². The van der Waals surface area contributed by atoms with E-state index in [1.807, 2.05) is 48.7 Å². The summed E-state index contributed by atoms with van der Waals surface area (Å²) in [5, 5.41) is 11.7. The number of pyridine rings is 1. The molecule has 0 bridgehead atoms. The molecular formula is C24H18N4O. The van der Waals surface area contributed by atoms with Gasteiger partial charge in [0.2, 0.25) is 5.91 Å². The van der Waals surface area contributed by atoms with Crippen molar-refractivity contribution in [1.29, 1.82) is 0 Å². The summed E-state index contributed by atoms with van der Waals surface area (Å²) in [6.07, 6.45) is 8.43. The average molecular weight is 378 g/mol. The van der Waals surface area contributed by atoms with Crippen LogP contribution in [0.4, 0.5) is 5.69 Å². The molecule has 1 fully saturated rings. The van der Waals surface area contributed by atoms with Crippen molar-refractivity contribution in [3.63, 3.8) is 0 Å². The summed E-state index contributed by atoms with van der Waals surface area (Å²) < 4.78 is 0. The Morgan fingerprint density at radius 2 is 2.00 bits per heavy atom. The number of rotatable bonds is 3. The summed E-state index contributed by atoms with van der Waals surface area (Å²) in [5.41, 5.74) is 5.76. The van der Waals surface area contributed by atoms with Crippen molar-refractivity contribution in [1.82, 2.24) is 15.2 Å². The van der Waals surface area contributed by atoms with E-state index in [0.717, 1.165) is 39.8 Å². The lowest BCUT2D eigenvalue weighted by Gasteiger charge is -2.08. The average Bonchev–Trinajstić information content (AvgIpc) is 3.29. The molecule has 1 amide bonds. The zero-order valence-corrected chi connectivity index (χ0v) is 15.6. The number of fused-ring (bicyclic) bond motifs is 3. The molecule has 0 unspecified atom stereocenters. The minimum absolute atomic E-state index is 0.119. The van der Waals surface area contributed by atoms with Crippen LogP contribution >= 0.6 is 0 Å². The number of hydrogen-bond acceptors (Lipinski definition) is 3. The first-order valence-corrected chi connectivity index (χ1v) is 9.73. The number of benzene rings is 2. The Hall–Kier alpha value is -3.73. The largest absolute Gasteiger partial charge is 0.325 e. The lowest BCUT2D eigenvalue weighted by Crippen LogP contribution is -2.20. The molecule has 1 aliphatic carbocycles. The molecule has 140 valence electrons. The van der Waals surface area contributed by atoms with E-state index in [0.29, 0.717) is 0 Å². The van der Waals surface area contributed by atoms with Crippen LogP contribution in [0.25, 0.3) is 23.1 Å². The minimum Gasteiger partial charge on any atom is -0.325 e. The molecule has 1 aliphatic heterocycles. The smallest absolute Gasteiger partial charge is 0.235 e. The van der Waals surface area contributed by atoms with Gasteiger partial charge >= 0.3 is 0 Å². The van der Waals surface area contributed by atoms with Gasteiger partial charge in [-0.1, -0.05) is 42.5 Å². The number of aromatic amines is 1. The van der Waals surface area contributed by atoms with Gasteiger partial charge in [0.25, 0.3) is 0 Å². The number of para-hydroxylation sites is 1. The van der Waals surface area contributed by atoms with Crippen LogP contribution in [0.15, 0.2) is 67.0 Å². The molecule has 1 saturated carbocycles. The highest BCUT2D eigenvalue weighted by atomic mass is 16.2. The number of hydrogen-bond donors (Lipinski definition) is 2. The Morgan fingerprint density at radius 3 is 2.90 bits per heavy atom. The van der Waals surface area contributed by atoms with E-state index >= 15 is 0 Å². The number of nitrogens with one attached hydrogen (secondary N) is 2. The van der Waals surface area contributed by atoms with Gasteiger partial charge in [0.05, 0.1) is 16.6 Å². The van der Waals surface area contributed by atoms with Crippen LogP contribution in [0.2, 0.25) is 0 Å². The fourth-order valence-electron chi connectivity index (χ4n) is 4.60. The molecule has 2 aliphatic rings. The fourth-order valence-corrected chi connectivity index (χ4v) is 4.60. The van der Waals surface area contributed by atoms with Crippen LogP contribution in [0, 0.1) is 0 Å². The van der Waals surface area contributed by atoms with E-state index < -0.39 is 5.41 Å². The molecule has 0 radical (unpaired) electrons. The van der Waals surface area contributed by atoms with Crippen molar-refractivity contribution in [3.8, 4) is 0 Å². The van der Waals surface area contributed by atoms with Gasteiger partial charge < -0.3 is 5.32 Å². The topological polar surface area (TPSA) is 70.7 Å². The maximum Gasteiger partial charge on any atom is 0.235 e. The van der Waals surface area contributed by atoms with Gasteiger partial charge in [-0.3, -0.25) is 14.9 Å². The highest BCUT2D eigenvalue weighted by Crippen LogP contribution is 2.64. The van der Waals surface area contributed by atoms with Crippen molar-refractivity contribution in [2.75, 3.05) is 5.32 Å². The van der Waals surface area contributed by atoms with Crippen LogP contribution in [-0.2, 0) is 10.2 Å². The van der Waals surface area contributed by atoms with Gasteiger partial charge in [0.15, 0.2) is 0 Å². The Morgan fingerprint density at radius 1 is 1.07 bits per heavy atom. The predicted octanol–water partition coefficient (Wildman–Crippen LogP) is 4.51. The van der Waals surface area contributed by atoms with Gasteiger partial charge in [-0.05, 0) is 47.4 Å². The molecule has 5 nitrogen and oxygen atoms in total. The molecule has 2 aromatic carbocycles. The lowest BCUT2D eigenvalue weighted by atomic mass is 9.92. The van der Waals surface area contributed by atoms with Crippen LogP contribution in [0.1, 0.15) is 34.7 Å². The van der Waals surface area contributed by atoms with Crippen LogP contribution < -0.4 is 5.32 Å². The molecule has 2 atom stereocenters. The third-order valence-corrected chi connectivity index (χ3v) is 6.16. The molecule has 4 aromatic rings. The number of nitrogens with zero attached hydrogens (tertiary/aromatic N) is 2. The minimum atomic E-state index is -0.409. The first kappa shape index (κ1) is 16.2. The number of carbonyl (C=O) groups is 1. The Bertz CT molecular complexity index is 1290. The molecule has 1 spiro atoms. The van der Waals surface area contributed by atoms with E-state index in [2.05, 4.69) is 44.8 Å². The molecule has 2 N–H and O–H groups in total. The summed E-state index contributed by atoms with van der Waals surface area (Å²) in [7, 11) is 0. The van der Waals surface area contributed by atoms with E-state index in [1.54, 1.807) is 6.20 Å². The molecule has 29 heavy (non-hydrogen) atoms. The van der Waals surface area contributed by atoms with E-state index in [4.69, 9.17) is 0 Å². The number of H-pyrrole nitrogens is 1. The van der Waals surface area contributed by atoms with Crippen molar-refractivity contribution < 1.29 is 4.79 Å². The monoisotopic (exact) mass is 378 g/mol. The number of amides is 1. The Kier molecular flexibility index (Phi) is 3.29. The van der Waals surface area contributed by atoms with Crippen LogP contribution in [0.5, 0.6) is 0 Å². The van der Waals surface area contributed by atoms with E-state index in [1.165, 1.54) is 5.56 Å². The second-order valence-corrected chi connectivity index (χ2v) is 7.76. The SMILES string of the molecule is O=C1Nc2ccccc2[C@@]12C[C@@H]2c1ccc2c(C=Cc3cccnc3)n[nH]c2c1. The highest BCUT2D eigenvalue weighted by Gasteiger charge is 2.65. The standard InChI is InChI=1S/C24H18N4O/c29-23-24(18-5-1-2-6-21(18)26-23)13-19(24)16-8-9-17-20(27-28-22(17)12-16)10-7-15-4-3-11-25-14-15/h1-12,14,19H,13H2,(H,26,29)(H,27,28)/t19-,24-/m1/s1. The fraction of sp³-hybridized carbons (Fsp3) is 0.125. The van der Waals surface area contributed by atoms with Crippen LogP contribution in [-0.4, -0.2) is 21.1 Å². The van der Waals surface area contributed by atoms with Crippen molar-refractivity contribution >= 4 is 34.6 Å². The zero-order valence-electron chi connectivity index (χ0n) is 15.6. The number of aromatic nitrogens is 3. The Labute approximate surface area is 167 Å². The van der Waals surface area contributed by atoms with E-state index in [9.17, 15) is 4.79 Å². The molecule has 3 heterocycles.